The first-order valence-electron chi connectivity index (χ1n) is 6.76. The fraction of sp³-hybridized carbons (Fsp3) is 0.235. The van der Waals surface area contributed by atoms with Crippen molar-refractivity contribution >= 4 is 17.2 Å². The summed E-state index contributed by atoms with van der Waals surface area (Å²) in [6.45, 7) is 6.34. The number of aryl methyl sites for hydroxylation is 1. The lowest BCUT2D eigenvalue weighted by Crippen LogP contribution is -2.11. The van der Waals surface area contributed by atoms with Crippen molar-refractivity contribution < 1.29 is 9.13 Å². The standard InChI is InChI=1S/C17H18FNOS/c1-10(2)14-6-5-13(8-11(14)3)20-16-7-4-12(18)9-15(16)17(19)21/h4-10H,1-3H3,(H2,19,21). The van der Waals surface area contributed by atoms with E-state index in [0.29, 0.717) is 23.0 Å². The molecule has 0 fully saturated rings. The van der Waals surface area contributed by atoms with Gasteiger partial charge in [-0.25, -0.2) is 4.39 Å². The molecule has 0 bridgehead atoms. The molecule has 0 unspecified atom stereocenters. The van der Waals surface area contributed by atoms with E-state index in [0.717, 1.165) is 5.56 Å². The monoisotopic (exact) mass is 303 g/mol. The van der Waals surface area contributed by atoms with Crippen LogP contribution >= 0.6 is 12.2 Å². The molecule has 21 heavy (non-hydrogen) atoms. The van der Waals surface area contributed by atoms with Gasteiger partial charge in [0.1, 0.15) is 22.3 Å². The van der Waals surface area contributed by atoms with Gasteiger partial charge in [0.15, 0.2) is 0 Å². The van der Waals surface area contributed by atoms with Gasteiger partial charge in [-0.05, 0) is 54.3 Å². The Balaban J connectivity index is 2.35. The van der Waals surface area contributed by atoms with Crippen LogP contribution in [-0.2, 0) is 0 Å². The predicted molar refractivity (Wildman–Crippen MR) is 87.6 cm³/mol. The van der Waals surface area contributed by atoms with Crippen LogP contribution < -0.4 is 10.5 Å². The lowest BCUT2D eigenvalue weighted by Gasteiger charge is -2.14. The highest BCUT2D eigenvalue weighted by Gasteiger charge is 2.10. The summed E-state index contributed by atoms with van der Waals surface area (Å²) in [6.07, 6.45) is 0. The van der Waals surface area contributed by atoms with Crippen molar-refractivity contribution in [2.24, 2.45) is 5.73 Å². The first-order valence-corrected chi connectivity index (χ1v) is 7.17. The minimum Gasteiger partial charge on any atom is -0.457 e. The fourth-order valence-corrected chi connectivity index (χ4v) is 2.43. The predicted octanol–water partition coefficient (Wildman–Crippen LogP) is 4.68. The summed E-state index contributed by atoms with van der Waals surface area (Å²) in [7, 11) is 0. The van der Waals surface area contributed by atoms with Crippen molar-refractivity contribution in [2.75, 3.05) is 0 Å². The van der Waals surface area contributed by atoms with E-state index in [1.165, 1.54) is 23.8 Å². The van der Waals surface area contributed by atoms with Gasteiger partial charge in [0.2, 0.25) is 0 Å². The Labute approximate surface area is 129 Å². The summed E-state index contributed by atoms with van der Waals surface area (Å²) in [4.78, 5) is 0.111. The van der Waals surface area contributed by atoms with Crippen LogP contribution in [0.25, 0.3) is 0 Å². The van der Waals surface area contributed by atoms with Crippen molar-refractivity contribution in [1.29, 1.82) is 0 Å². The van der Waals surface area contributed by atoms with Gasteiger partial charge in [-0.3, -0.25) is 0 Å². The molecule has 0 aromatic heterocycles. The third-order valence-electron chi connectivity index (χ3n) is 3.30. The van der Waals surface area contributed by atoms with E-state index in [-0.39, 0.29) is 4.99 Å². The van der Waals surface area contributed by atoms with Gasteiger partial charge < -0.3 is 10.5 Å². The number of thiocarbonyl (C=S) groups is 1. The van der Waals surface area contributed by atoms with Gasteiger partial charge in [-0.2, -0.15) is 0 Å². The number of halogens is 1. The van der Waals surface area contributed by atoms with Crippen LogP contribution in [0.15, 0.2) is 36.4 Å². The lowest BCUT2D eigenvalue weighted by atomic mass is 9.98. The van der Waals surface area contributed by atoms with Crippen LogP contribution in [-0.4, -0.2) is 4.99 Å². The SMILES string of the molecule is Cc1cc(Oc2ccc(F)cc2C(N)=S)ccc1C(C)C. The van der Waals surface area contributed by atoms with Crippen molar-refractivity contribution in [3.05, 3.63) is 58.9 Å². The molecule has 2 aromatic rings. The average molecular weight is 303 g/mol. The van der Waals surface area contributed by atoms with Gasteiger partial charge in [-0.15, -0.1) is 0 Å². The number of ether oxygens (including phenoxy) is 1. The van der Waals surface area contributed by atoms with Crippen LogP contribution in [0.2, 0.25) is 0 Å². The van der Waals surface area contributed by atoms with E-state index in [4.69, 9.17) is 22.7 Å². The molecule has 2 aromatic carbocycles. The molecule has 0 radical (unpaired) electrons. The molecule has 0 heterocycles. The van der Waals surface area contributed by atoms with E-state index in [2.05, 4.69) is 13.8 Å². The number of nitrogens with two attached hydrogens (primary N) is 1. The summed E-state index contributed by atoms with van der Waals surface area (Å²) in [5, 5.41) is 0. The maximum absolute atomic E-state index is 13.3. The molecular weight excluding hydrogens is 285 g/mol. The summed E-state index contributed by atoms with van der Waals surface area (Å²) >= 11 is 4.94. The van der Waals surface area contributed by atoms with E-state index >= 15 is 0 Å². The highest BCUT2D eigenvalue weighted by atomic mass is 32.1. The Kier molecular flexibility index (Phi) is 4.58. The number of rotatable bonds is 4. The van der Waals surface area contributed by atoms with E-state index in [9.17, 15) is 4.39 Å². The van der Waals surface area contributed by atoms with E-state index in [1.54, 1.807) is 0 Å². The van der Waals surface area contributed by atoms with E-state index in [1.807, 2.05) is 25.1 Å². The zero-order valence-electron chi connectivity index (χ0n) is 12.3. The Bertz CT molecular complexity index is 682. The molecule has 0 spiro atoms. The van der Waals surface area contributed by atoms with Gasteiger partial charge in [-0.1, -0.05) is 32.1 Å². The average Bonchev–Trinajstić information content (AvgIpc) is 2.40. The van der Waals surface area contributed by atoms with E-state index < -0.39 is 5.82 Å². The summed E-state index contributed by atoms with van der Waals surface area (Å²) in [6, 6.07) is 10.0. The zero-order chi connectivity index (χ0) is 15.6. The van der Waals surface area contributed by atoms with Gasteiger partial charge in [0, 0.05) is 0 Å². The van der Waals surface area contributed by atoms with Crippen molar-refractivity contribution in [2.45, 2.75) is 26.7 Å². The Morgan fingerprint density at radius 1 is 1.19 bits per heavy atom. The van der Waals surface area contributed by atoms with Crippen LogP contribution in [0.5, 0.6) is 11.5 Å². The van der Waals surface area contributed by atoms with Crippen LogP contribution in [0.1, 0.15) is 36.5 Å². The van der Waals surface area contributed by atoms with Gasteiger partial charge >= 0.3 is 0 Å². The van der Waals surface area contributed by atoms with Crippen LogP contribution in [0.3, 0.4) is 0 Å². The van der Waals surface area contributed by atoms with Crippen molar-refractivity contribution in [3.8, 4) is 11.5 Å². The molecule has 0 aliphatic rings. The highest BCUT2D eigenvalue weighted by molar-refractivity contribution is 7.80. The topological polar surface area (TPSA) is 35.2 Å². The normalized spacial score (nSPS) is 10.7. The van der Waals surface area contributed by atoms with Crippen LogP contribution in [0, 0.1) is 12.7 Å². The number of hydrogen-bond acceptors (Lipinski definition) is 2. The zero-order valence-corrected chi connectivity index (χ0v) is 13.1. The quantitative estimate of drug-likeness (QED) is 0.833. The Morgan fingerprint density at radius 2 is 1.90 bits per heavy atom. The second kappa shape index (κ2) is 6.22. The number of benzene rings is 2. The number of hydrogen-bond donors (Lipinski definition) is 1. The molecule has 0 saturated carbocycles. The van der Waals surface area contributed by atoms with Crippen molar-refractivity contribution in [1.82, 2.24) is 0 Å². The van der Waals surface area contributed by atoms with Gasteiger partial charge in [0.05, 0.1) is 5.56 Å². The highest BCUT2D eigenvalue weighted by Crippen LogP contribution is 2.29. The molecule has 0 atom stereocenters. The van der Waals surface area contributed by atoms with Gasteiger partial charge in [0.25, 0.3) is 0 Å². The second-order valence-corrected chi connectivity index (χ2v) is 5.72. The molecule has 4 heteroatoms. The smallest absolute Gasteiger partial charge is 0.137 e. The van der Waals surface area contributed by atoms with Crippen LogP contribution in [0.4, 0.5) is 4.39 Å². The third kappa shape index (κ3) is 3.58. The fourth-order valence-electron chi connectivity index (χ4n) is 2.27. The maximum Gasteiger partial charge on any atom is 0.137 e. The largest absolute Gasteiger partial charge is 0.457 e. The summed E-state index contributed by atoms with van der Waals surface area (Å²) in [5.41, 5.74) is 8.44. The molecule has 110 valence electrons. The molecule has 0 aliphatic carbocycles. The Morgan fingerprint density at radius 3 is 2.48 bits per heavy atom. The third-order valence-corrected chi connectivity index (χ3v) is 3.52. The first-order chi connectivity index (χ1) is 9.88. The maximum atomic E-state index is 13.3. The molecule has 0 amide bonds. The summed E-state index contributed by atoms with van der Waals surface area (Å²) in [5.74, 6) is 1.20. The lowest BCUT2D eigenvalue weighted by molar-refractivity contribution is 0.479. The molecule has 0 aliphatic heterocycles. The molecular formula is C17H18FNOS. The summed E-state index contributed by atoms with van der Waals surface area (Å²) < 4.78 is 19.1. The van der Waals surface area contributed by atoms with Crippen molar-refractivity contribution in [3.63, 3.8) is 0 Å². The minimum atomic E-state index is -0.392. The second-order valence-electron chi connectivity index (χ2n) is 5.28. The Hall–Kier alpha value is -1.94. The molecule has 2 nitrogen and oxygen atoms in total. The molecule has 2 rings (SSSR count). The first kappa shape index (κ1) is 15.4. The molecule has 2 N–H and O–H groups in total. The molecule has 0 saturated heterocycles. The minimum absolute atomic E-state index is 0.111.